The Bertz CT molecular complexity index is 50.3. The van der Waals surface area contributed by atoms with Gasteiger partial charge in [0.2, 0.25) is 0 Å². The lowest BCUT2D eigenvalue weighted by Gasteiger charge is -2.09. The summed E-state index contributed by atoms with van der Waals surface area (Å²) in [5, 5.41) is 0. The topological polar surface area (TPSA) is 26.0 Å². The Kier molecular flexibility index (Phi) is 3.88. The third-order valence-corrected chi connectivity index (χ3v) is 1.47. The van der Waals surface area contributed by atoms with Crippen molar-refractivity contribution < 1.29 is 0 Å². The zero-order valence-corrected chi connectivity index (χ0v) is 6.15. The summed E-state index contributed by atoms with van der Waals surface area (Å²) in [7, 11) is 0. The van der Waals surface area contributed by atoms with E-state index in [4.69, 9.17) is 5.73 Å². The molecule has 0 fully saturated rings. The van der Waals surface area contributed by atoms with E-state index < -0.39 is 0 Å². The van der Waals surface area contributed by atoms with Crippen LogP contribution in [0.1, 0.15) is 33.6 Å². The third kappa shape index (κ3) is 4.13. The first-order valence-electron chi connectivity index (χ1n) is 3.42. The molecule has 2 atom stereocenters. The van der Waals surface area contributed by atoms with Crippen molar-refractivity contribution in [3.63, 3.8) is 0 Å². The summed E-state index contributed by atoms with van der Waals surface area (Å²) in [6, 6.07) is 0.380. The Morgan fingerprint density at radius 3 is 2.00 bits per heavy atom. The van der Waals surface area contributed by atoms with Gasteiger partial charge in [-0.3, -0.25) is 0 Å². The molecule has 1 nitrogen and oxygen atoms in total. The van der Waals surface area contributed by atoms with E-state index in [0.717, 1.165) is 12.3 Å². The Labute approximate surface area is 52.3 Å². The van der Waals surface area contributed by atoms with Crippen molar-refractivity contribution >= 4 is 0 Å². The van der Waals surface area contributed by atoms with Gasteiger partial charge in [-0.15, -0.1) is 0 Å². The lowest BCUT2D eigenvalue weighted by molar-refractivity contribution is 0.469. The van der Waals surface area contributed by atoms with Gasteiger partial charge >= 0.3 is 0 Å². The van der Waals surface area contributed by atoms with Crippen molar-refractivity contribution in [2.24, 2.45) is 11.7 Å². The smallest absolute Gasteiger partial charge is 0.00130 e. The monoisotopic (exact) mass is 115 g/mol. The van der Waals surface area contributed by atoms with Gasteiger partial charge in [-0.25, -0.2) is 0 Å². The summed E-state index contributed by atoms with van der Waals surface area (Å²) in [6.45, 7) is 6.50. The Morgan fingerprint density at radius 2 is 1.88 bits per heavy atom. The van der Waals surface area contributed by atoms with Crippen LogP contribution >= 0.6 is 0 Å². The van der Waals surface area contributed by atoms with E-state index in [1.807, 2.05) is 0 Å². The lowest BCUT2D eigenvalue weighted by Crippen LogP contribution is -2.17. The van der Waals surface area contributed by atoms with E-state index in [1.54, 1.807) is 0 Å². The van der Waals surface area contributed by atoms with Crippen LogP contribution in [0.4, 0.5) is 0 Å². The minimum Gasteiger partial charge on any atom is -0.328 e. The second-order valence-corrected chi connectivity index (χ2v) is 2.73. The third-order valence-electron chi connectivity index (χ3n) is 1.47. The van der Waals surface area contributed by atoms with Crippen molar-refractivity contribution in [3.8, 4) is 0 Å². The molecule has 0 aromatic heterocycles. The standard InChI is InChI=1S/C7H17N/c1-4-6(2)5-7(3)8/h6-7H,4-5,8H2,1-3H3/t6-,7-/m0/s1. The van der Waals surface area contributed by atoms with Gasteiger partial charge in [-0.2, -0.15) is 0 Å². The van der Waals surface area contributed by atoms with E-state index in [2.05, 4.69) is 20.8 Å². The van der Waals surface area contributed by atoms with Crippen LogP contribution in [-0.2, 0) is 0 Å². The van der Waals surface area contributed by atoms with E-state index in [0.29, 0.717) is 6.04 Å². The zero-order chi connectivity index (χ0) is 6.57. The SMILES string of the molecule is CC[C@H](C)C[C@H](C)N. The average molecular weight is 115 g/mol. The predicted octanol–water partition coefficient (Wildman–Crippen LogP) is 1.77. The largest absolute Gasteiger partial charge is 0.328 e. The van der Waals surface area contributed by atoms with Crippen molar-refractivity contribution in [2.75, 3.05) is 0 Å². The van der Waals surface area contributed by atoms with Crippen molar-refractivity contribution in [1.29, 1.82) is 0 Å². The Hall–Kier alpha value is -0.0400. The summed E-state index contributed by atoms with van der Waals surface area (Å²) >= 11 is 0. The highest BCUT2D eigenvalue weighted by Crippen LogP contribution is 2.07. The summed E-state index contributed by atoms with van der Waals surface area (Å²) in [6.07, 6.45) is 2.41. The molecule has 0 saturated heterocycles. The van der Waals surface area contributed by atoms with Gasteiger partial charge in [-0.05, 0) is 19.3 Å². The van der Waals surface area contributed by atoms with Crippen molar-refractivity contribution in [1.82, 2.24) is 0 Å². The van der Waals surface area contributed by atoms with Gasteiger partial charge in [0.1, 0.15) is 0 Å². The molecule has 0 spiro atoms. The minimum absolute atomic E-state index is 0.380. The zero-order valence-electron chi connectivity index (χ0n) is 6.15. The second-order valence-electron chi connectivity index (χ2n) is 2.73. The molecule has 1 heteroatoms. The number of hydrogen-bond acceptors (Lipinski definition) is 1. The number of hydrogen-bond donors (Lipinski definition) is 1. The molecule has 0 amide bonds. The van der Waals surface area contributed by atoms with Gasteiger partial charge in [-0.1, -0.05) is 20.3 Å². The molecule has 0 bridgehead atoms. The molecular weight excluding hydrogens is 98.1 g/mol. The molecule has 0 aliphatic heterocycles. The first-order valence-corrected chi connectivity index (χ1v) is 3.42. The molecule has 0 aromatic rings. The molecule has 8 heavy (non-hydrogen) atoms. The lowest BCUT2D eigenvalue weighted by atomic mass is 10.0. The quantitative estimate of drug-likeness (QED) is 0.596. The molecule has 2 N–H and O–H groups in total. The molecule has 0 aliphatic carbocycles. The van der Waals surface area contributed by atoms with Crippen LogP contribution in [-0.4, -0.2) is 6.04 Å². The molecule has 0 aliphatic rings. The molecule has 0 heterocycles. The second kappa shape index (κ2) is 3.90. The van der Waals surface area contributed by atoms with Gasteiger partial charge in [0, 0.05) is 6.04 Å². The Balaban J connectivity index is 3.10. The number of nitrogens with two attached hydrogens (primary N) is 1. The van der Waals surface area contributed by atoms with Gasteiger partial charge in [0.15, 0.2) is 0 Å². The molecular formula is C7H17N. The van der Waals surface area contributed by atoms with Crippen molar-refractivity contribution in [3.05, 3.63) is 0 Å². The first-order chi connectivity index (χ1) is 3.66. The van der Waals surface area contributed by atoms with Crippen LogP contribution in [0.2, 0.25) is 0 Å². The van der Waals surface area contributed by atoms with Crippen LogP contribution < -0.4 is 5.73 Å². The molecule has 0 rings (SSSR count). The molecule has 50 valence electrons. The molecule has 0 aromatic carbocycles. The van der Waals surface area contributed by atoms with Crippen LogP contribution in [0.15, 0.2) is 0 Å². The summed E-state index contributed by atoms with van der Waals surface area (Å²) in [5.41, 5.74) is 5.57. The maximum Gasteiger partial charge on any atom is 0.00130 e. The summed E-state index contributed by atoms with van der Waals surface area (Å²) in [5.74, 6) is 0.801. The molecule has 0 radical (unpaired) electrons. The van der Waals surface area contributed by atoms with Crippen LogP contribution in [0, 0.1) is 5.92 Å². The normalized spacial score (nSPS) is 18.0. The van der Waals surface area contributed by atoms with Crippen molar-refractivity contribution in [2.45, 2.75) is 39.7 Å². The maximum absolute atomic E-state index is 5.57. The highest BCUT2D eigenvalue weighted by molar-refractivity contribution is 4.57. The fraction of sp³-hybridized carbons (Fsp3) is 1.00. The van der Waals surface area contributed by atoms with Crippen LogP contribution in [0.5, 0.6) is 0 Å². The maximum atomic E-state index is 5.57. The van der Waals surface area contributed by atoms with E-state index in [9.17, 15) is 0 Å². The highest BCUT2D eigenvalue weighted by atomic mass is 14.6. The Morgan fingerprint density at radius 1 is 1.38 bits per heavy atom. The predicted molar refractivity (Wildman–Crippen MR) is 37.7 cm³/mol. The average Bonchev–Trinajstić information content (AvgIpc) is 1.65. The first kappa shape index (κ1) is 7.96. The fourth-order valence-electron chi connectivity index (χ4n) is 0.801. The van der Waals surface area contributed by atoms with E-state index in [-0.39, 0.29) is 0 Å². The van der Waals surface area contributed by atoms with Crippen LogP contribution in [0.3, 0.4) is 0 Å². The number of rotatable bonds is 3. The molecule has 0 saturated carbocycles. The van der Waals surface area contributed by atoms with Crippen LogP contribution in [0.25, 0.3) is 0 Å². The van der Waals surface area contributed by atoms with Gasteiger partial charge in [0.05, 0.1) is 0 Å². The highest BCUT2D eigenvalue weighted by Gasteiger charge is 2.00. The van der Waals surface area contributed by atoms with Gasteiger partial charge < -0.3 is 5.73 Å². The summed E-state index contributed by atoms with van der Waals surface area (Å²) in [4.78, 5) is 0. The summed E-state index contributed by atoms with van der Waals surface area (Å²) < 4.78 is 0. The van der Waals surface area contributed by atoms with E-state index in [1.165, 1.54) is 6.42 Å². The van der Waals surface area contributed by atoms with Gasteiger partial charge in [0.25, 0.3) is 0 Å². The fourth-order valence-corrected chi connectivity index (χ4v) is 0.801. The molecule has 0 unspecified atom stereocenters. The van der Waals surface area contributed by atoms with E-state index >= 15 is 0 Å². The minimum atomic E-state index is 0.380.